The fourth-order valence-electron chi connectivity index (χ4n) is 4.04. The van der Waals surface area contributed by atoms with Crippen LogP contribution in [0.25, 0.3) is 0 Å². The normalized spacial score (nSPS) is 16.2. The van der Waals surface area contributed by atoms with Crippen LogP contribution in [0.2, 0.25) is 0 Å². The summed E-state index contributed by atoms with van der Waals surface area (Å²) in [5.74, 6) is -0.215. The van der Waals surface area contributed by atoms with E-state index in [9.17, 15) is 13.2 Å². The first-order chi connectivity index (χ1) is 14.9. The van der Waals surface area contributed by atoms with Crippen LogP contribution in [0.1, 0.15) is 60.7 Å². The third-order valence-corrected chi connectivity index (χ3v) is 7.37. The monoisotopic (exact) mass is 457 g/mol. The molecule has 0 unspecified atom stereocenters. The van der Waals surface area contributed by atoms with Crippen molar-refractivity contribution < 1.29 is 13.2 Å². The van der Waals surface area contributed by atoms with Gasteiger partial charge >= 0.3 is 0 Å². The number of nitrogens with zero attached hydrogens (tertiary/aromatic N) is 1. The van der Waals surface area contributed by atoms with Gasteiger partial charge in [-0.3, -0.25) is 9.69 Å². The lowest BCUT2D eigenvalue weighted by molar-refractivity contribution is 0.0908. The van der Waals surface area contributed by atoms with Crippen LogP contribution in [0, 0.1) is 13.8 Å². The van der Waals surface area contributed by atoms with Crippen LogP contribution in [0.15, 0.2) is 47.4 Å². The van der Waals surface area contributed by atoms with Crippen molar-refractivity contribution in [3.63, 3.8) is 0 Å². The Hall–Kier alpha value is -2.22. The quantitative estimate of drug-likeness (QED) is 0.692. The molecule has 1 amide bonds. The number of nitrogens with one attached hydrogen (secondary N) is 2. The minimum Gasteiger partial charge on any atom is -0.349 e. The molecule has 2 N–H and O–H groups in total. The molecule has 2 aromatic rings. The number of likely N-dealkylation sites (tertiary alicyclic amines) is 1. The van der Waals surface area contributed by atoms with Crippen LogP contribution in [0.4, 0.5) is 0 Å². The van der Waals surface area contributed by atoms with E-state index in [4.69, 9.17) is 0 Å². The molecule has 174 valence electrons. The Bertz CT molecular complexity index is 1070. The summed E-state index contributed by atoms with van der Waals surface area (Å²) in [5.41, 5.74) is 3.14. The second kappa shape index (κ2) is 9.73. The molecule has 0 aromatic heterocycles. The number of carbonyl (C=O) groups excluding carboxylic acids is 1. The summed E-state index contributed by atoms with van der Waals surface area (Å²) in [6.45, 7) is 12.1. The van der Waals surface area contributed by atoms with Gasteiger partial charge in [-0.05, 0) is 70.7 Å². The molecule has 32 heavy (non-hydrogen) atoms. The molecule has 0 bridgehead atoms. The van der Waals surface area contributed by atoms with E-state index in [0.717, 1.165) is 38.0 Å². The van der Waals surface area contributed by atoms with Gasteiger partial charge < -0.3 is 5.32 Å². The lowest BCUT2D eigenvalue weighted by Gasteiger charge is -2.32. The second-order valence-electron chi connectivity index (χ2n) is 9.85. The van der Waals surface area contributed by atoms with E-state index >= 15 is 0 Å². The minimum absolute atomic E-state index is 0.0867. The van der Waals surface area contributed by atoms with Crippen LogP contribution in [0.3, 0.4) is 0 Å². The molecular weight excluding hydrogens is 422 g/mol. The van der Waals surface area contributed by atoms with E-state index in [1.807, 2.05) is 6.92 Å². The molecule has 2 aromatic carbocycles. The van der Waals surface area contributed by atoms with Gasteiger partial charge in [0.25, 0.3) is 5.91 Å². The highest BCUT2D eigenvalue weighted by molar-refractivity contribution is 7.89. The first-order valence-corrected chi connectivity index (χ1v) is 12.6. The van der Waals surface area contributed by atoms with Gasteiger partial charge in [0.2, 0.25) is 10.0 Å². The Morgan fingerprint density at radius 3 is 2.38 bits per heavy atom. The molecule has 0 radical (unpaired) electrons. The highest BCUT2D eigenvalue weighted by Gasteiger charge is 2.25. The summed E-state index contributed by atoms with van der Waals surface area (Å²) < 4.78 is 28.0. The molecule has 1 heterocycles. The Labute approximate surface area is 192 Å². The topological polar surface area (TPSA) is 78.5 Å². The summed E-state index contributed by atoms with van der Waals surface area (Å²) in [5, 5.41) is 3.12. The van der Waals surface area contributed by atoms with Crippen LogP contribution >= 0.6 is 0 Å². The fourth-order valence-corrected chi connectivity index (χ4v) is 5.49. The third-order valence-electron chi connectivity index (χ3n) is 5.62. The number of hydrogen-bond acceptors (Lipinski definition) is 4. The third kappa shape index (κ3) is 6.64. The van der Waals surface area contributed by atoms with Crippen molar-refractivity contribution in [1.29, 1.82) is 0 Å². The van der Waals surface area contributed by atoms with Crippen LogP contribution in [0.5, 0.6) is 0 Å². The summed E-state index contributed by atoms with van der Waals surface area (Å²) in [6.07, 6.45) is 1.75. The smallest absolute Gasteiger partial charge is 0.251 e. The summed E-state index contributed by atoms with van der Waals surface area (Å²) in [6, 6.07) is 13.4. The number of amides is 1. The summed E-state index contributed by atoms with van der Waals surface area (Å²) >= 11 is 0. The number of hydrogen-bond donors (Lipinski definition) is 2. The van der Waals surface area contributed by atoms with Gasteiger partial charge in [0.05, 0.1) is 4.90 Å². The van der Waals surface area contributed by atoms with Gasteiger partial charge in [0, 0.05) is 36.8 Å². The molecule has 3 rings (SSSR count). The van der Waals surface area contributed by atoms with Crippen molar-refractivity contribution in [2.75, 3.05) is 13.1 Å². The largest absolute Gasteiger partial charge is 0.349 e. The lowest BCUT2D eigenvalue weighted by Crippen LogP contribution is -2.44. The summed E-state index contributed by atoms with van der Waals surface area (Å²) in [4.78, 5) is 15.5. The number of rotatable bonds is 6. The Morgan fingerprint density at radius 2 is 1.75 bits per heavy atom. The number of carbonyl (C=O) groups is 1. The first-order valence-electron chi connectivity index (χ1n) is 11.2. The SMILES string of the molecule is Cc1cccc(CN2CCC(NC(=O)c3cc(S(=O)(=O)NC(C)(C)C)ccc3C)CC2)c1. The number of aryl methyl sites for hydroxylation is 2. The van der Waals surface area contributed by atoms with Crippen molar-refractivity contribution in [3.05, 3.63) is 64.7 Å². The van der Waals surface area contributed by atoms with Gasteiger partial charge in [0.1, 0.15) is 0 Å². The predicted molar refractivity (Wildman–Crippen MR) is 128 cm³/mol. The number of sulfonamides is 1. The highest BCUT2D eigenvalue weighted by Crippen LogP contribution is 2.19. The lowest BCUT2D eigenvalue weighted by atomic mass is 10.0. The van der Waals surface area contributed by atoms with E-state index < -0.39 is 15.6 Å². The zero-order valence-electron chi connectivity index (χ0n) is 19.7. The Kier molecular flexibility index (Phi) is 7.43. The van der Waals surface area contributed by atoms with Crippen molar-refractivity contribution in [2.45, 2.75) is 70.5 Å². The van der Waals surface area contributed by atoms with Crippen molar-refractivity contribution in [3.8, 4) is 0 Å². The summed E-state index contributed by atoms with van der Waals surface area (Å²) in [7, 11) is -3.70. The van der Waals surface area contributed by atoms with Crippen LogP contribution < -0.4 is 10.0 Å². The van der Waals surface area contributed by atoms with E-state index in [0.29, 0.717) is 5.56 Å². The molecular formula is C25H35N3O3S. The molecule has 1 fully saturated rings. The average Bonchev–Trinajstić information content (AvgIpc) is 2.68. The van der Waals surface area contributed by atoms with Crippen molar-refractivity contribution in [2.24, 2.45) is 0 Å². The molecule has 0 aliphatic carbocycles. The molecule has 0 spiro atoms. The molecule has 1 aliphatic rings. The van der Waals surface area contributed by atoms with Crippen LogP contribution in [-0.2, 0) is 16.6 Å². The van der Waals surface area contributed by atoms with Crippen molar-refractivity contribution in [1.82, 2.24) is 14.9 Å². The molecule has 0 atom stereocenters. The molecule has 1 saturated heterocycles. The maximum atomic E-state index is 13.0. The van der Waals surface area contributed by atoms with E-state index in [-0.39, 0.29) is 16.8 Å². The molecule has 7 heteroatoms. The Balaban J connectivity index is 1.61. The van der Waals surface area contributed by atoms with Gasteiger partial charge in [-0.25, -0.2) is 13.1 Å². The maximum absolute atomic E-state index is 13.0. The average molecular weight is 458 g/mol. The number of benzene rings is 2. The van der Waals surface area contributed by atoms with E-state index in [2.05, 4.69) is 46.1 Å². The maximum Gasteiger partial charge on any atom is 0.251 e. The van der Waals surface area contributed by atoms with E-state index in [1.54, 1.807) is 32.9 Å². The molecule has 6 nitrogen and oxygen atoms in total. The van der Waals surface area contributed by atoms with E-state index in [1.165, 1.54) is 17.2 Å². The highest BCUT2D eigenvalue weighted by atomic mass is 32.2. The second-order valence-corrected chi connectivity index (χ2v) is 11.5. The van der Waals surface area contributed by atoms with Crippen LogP contribution in [-0.4, -0.2) is 43.9 Å². The number of piperidine rings is 1. The molecule has 0 saturated carbocycles. The first kappa shape index (κ1) is 24.4. The van der Waals surface area contributed by atoms with Gasteiger partial charge in [-0.2, -0.15) is 0 Å². The Morgan fingerprint density at radius 1 is 1.06 bits per heavy atom. The van der Waals surface area contributed by atoms with Gasteiger partial charge in [0.15, 0.2) is 0 Å². The fraction of sp³-hybridized carbons (Fsp3) is 0.480. The zero-order chi connectivity index (χ0) is 23.5. The van der Waals surface area contributed by atoms with Gasteiger partial charge in [-0.1, -0.05) is 35.9 Å². The predicted octanol–water partition coefficient (Wildman–Crippen LogP) is 3.77. The van der Waals surface area contributed by atoms with Crippen molar-refractivity contribution >= 4 is 15.9 Å². The van der Waals surface area contributed by atoms with Gasteiger partial charge in [-0.15, -0.1) is 0 Å². The standard InChI is InChI=1S/C25H35N3O3S/c1-18-7-6-8-20(15-18)17-28-13-11-21(12-14-28)26-24(29)23-16-22(10-9-19(23)2)32(30,31)27-25(3,4)5/h6-10,15-16,21,27H,11-14,17H2,1-5H3,(H,26,29). The minimum atomic E-state index is -3.70. The molecule has 1 aliphatic heterocycles. The zero-order valence-corrected chi connectivity index (χ0v) is 20.6.